The summed E-state index contributed by atoms with van der Waals surface area (Å²) in [7, 11) is 0. The summed E-state index contributed by atoms with van der Waals surface area (Å²) in [5.41, 5.74) is 0.205. The van der Waals surface area contributed by atoms with Crippen LogP contribution in [0.15, 0.2) is 12.1 Å². The van der Waals surface area contributed by atoms with Crippen molar-refractivity contribution in [3.8, 4) is 0 Å². The lowest BCUT2D eigenvalue weighted by Crippen LogP contribution is -2.07. The Morgan fingerprint density at radius 2 is 2.00 bits per heavy atom. The van der Waals surface area contributed by atoms with Gasteiger partial charge in [-0.1, -0.05) is 27.7 Å². The van der Waals surface area contributed by atoms with Crippen LogP contribution < -0.4 is 0 Å². The van der Waals surface area contributed by atoms with Crippen molar-refractivity contribution in [2.45, 2.75) is 45.6 Å². The third-order valence-corrected chi connectivity index (χ3v) is 3.69. The second-order valence-electron chi connectivity index (χ2n) is 4.38. The minimum Gasteiger partial charge on any atom is -0.388 e. The summed E-state index contributed by atoms with van der Waals surface area (Å²) < 4.78 is 0. The minimum absolute atomic E-state index is 0.205. The molecule has 0 saturated carbocycles. The highest BCUT2D eigenvalue weighted by atomic mass is 32.1. The molecule has 0 spiro atoms. The van der Waals surface area contributed by atoms with Crippen LogP contribution in [0.25, 0.3) is 0 Å². The van der Waals surface area contributed by atoms with Gasteiger partial charge in [-0.05, 0) is 24.0 Å². The lowest BCUT2D eigenvalue weighted by atomic mass is 9.95. The van der Waals surface area contributed by atoms with Crippen LogP contribution in [0.2, 0.25) is 0 Å². The zero-order valence-electron chi connectivity index (χ0n) is 8.79. The number of thiophene rings is 1. The Bertz CT molecular complexity index is 270. The summed E-state index contributed by atoms with van der Waals surface area (Å²) in [6.45, 7) is 8.59. The molecule has 0 radical (unpaired) electrons. The fourth-order valence-electron chi connectivity index (χ4n) is 1.14. The Labute approximate surface area is 84.4 Å². The standard InChI is InChI=1S/C11H18OS/c1-5-8(12)9-6-7-10(13-9)11(2,3)4/h6-8,12H,5H2,1-4H3. The van der Waals surface area contributed by atoms with Crippen LogP contribution in [0.1, 0.15) is 50.0 Å². The minimum atomic E-state index is -0.277. The summed E-state index contributed by atoms with van der Waals surface area (Å²) in [6, 6.07) is 4.16. The lowest BCUT2D eigenvalue weighted by Gasteiger charge is -2.15. The van der Waals surface area contributed by atoms with Gasteiger partial charge in [0.2, 0.25) is 0 Å². The van der Waals surface area contributed by atoms with E-state index in [1.807, 2.05) is 13.0 Å². The van der Waals surface area contributed by atoms with E-state index in [0.717, 1.165) is 11.3 Å². The summed E-state index contributed by atoms with van der Waals surface area (Å²) in [5, 5.41) is 9.62. The Hall–Kier alpha value is -0.340. The average molecular weight is 198 g/mol. The Morgan fingerprint density at radius 1 is 1.38 bits per heavy atom. The maximum Gasteiger partial charge on any atom is 0.0879 e. The molecule has 74 valence electrons. The first-order chi connectivity index (χ1) is 5.95. The van der Waals surface area contributed by atoms with Crippen molar-refractivity contribution in [3.63, 3.8) is 0 Å². The summed E-state index contributed by atoms with van der Waals surface area (Å²) in [6.07, 6.45) is 0.519. The zero-order chi connectivity index (χ0) is 10.1. The summed E-state index contributed by atoms with van der Waals surface area (Å²) in [4.78, 5) is 2.43. The quantitative estimate of drug-likeness (QED) is 0.771. The van der Waals surface area contributed by atoms with Gasteiger partial charge in [0.15, 0.2) is 0 Å². The van der Waals surface area contributed by atoms with Crippen LogP contribution in [0, 0.1) is 0 Å². The smallest absolute Gasteiger partial charge is 0.0879 e. The Kier molecular flexibility index (Phi) is 3.14. The second-order valence-corrected chi connectivity index (χ2v) is 5.49. The molecule has 1 heterocycles. The Morgan fingerprint density at radius 3 is 2.38 bits per heavy atom. The van der Waals surface area contributed by atoms with Gasteiger partial charge in [0.05, 0.1) is 6.10 Å². The van der Waals surface area contributed by atoms with Gasteiger partial charge in [0, 0.05) is 9.75 Å². The normalized spacial score (nSPS) is 14.5. The van der Waals surface area contributed by atoms with E-state index in [-0.39, 0.29) is 11.5 Å². The summed E-state index contributed by atoms with van der Waals surface area (Å²) >= 11 is 1.72. The van der Waals surface area contributed by atoms with Crippen molar-refractivity contribution in [2.75, 3.05) is 0 Å². The lowest BCUT2D eigenvalue weighted by molar-refractivity contribution is 0.177. The van der Waals surface area contributed by atoms with Crippen LogP contribution in [0.4, 0.5) is 0 Å². The average Bonchev–Trinajstić information content (AvgIpc) is 2.50. The van der Waals surface area contributed by atoms with E-state index in [2.05, 4.69) is 26.8 Å². The van der Waals surface area contributed by atoms with E-state index >= 15 is 0 Å². The highest BCUT2D eigenvalue weighted by Gasteiger charge is 2.17. The molecule has 0 aliphatic heterocycles. The van der Waals surface area contributed by atoms with Crippen molar-refractivity contribution in [1.29, 1.82) is 0 Å². The molecule has 13 heavy (non-hydrogen) atoms. The van der Waals surface area contributed by atoms with E-state index in [4.69, 9.17) is 0 Å². The molecule has 1 rings (SSSR count). The van der Waals surface area contributed by atoms with E-state index in [9.17, 15) is 5.11 Å². The first kappa shape index (κ1) is 10.7. The molecular formula is C11H18OS. The molecule has 0 aromatic carbocycles. The van der Waals surface area contributed by atoms with Crippen molar-refractivity contribution in [2.24, 2.45) is 0 Å². The molecule has 1 nitrogen and oxygen atoms in total. The van der Waals surface area contributed by atoms with Gasteiger partial charge in [-0.3, -0.25) is 0 Å². The first-order valence-electron chi connectivity index (χ1n) is 4.73. The highest BCUT2D eigenvalue weighted by molar-refractivity contribution is 7.12. The largest absolute Gasteiger partial charge is 0.388 e. The van der Waals surface area contributed by atoms with Crippen LogP contribution in [0.3, 0.4) is 0 Å². The number of aliphatic hydroxyl groups is 1. The van der Waals surface area contributed by atoms with Gasteiger partial charge in [-0.15, -0.1) is 11.3 Å². The van der Waals surface area contributed by atoms with E-state index < -0.39 is 0 Å². The monoisotopic (exact) mass is 198 g/mol. The second kappa shape index (κ2) is 3.81. The van der Waals surface area contributed by atoms with Gasteiger partial charge in [0.25, 0.3) is 0 Å². The van der Waals surface area contributed by atoms with E-state index in [1.54, 1.807) is 11.3 Å². The molecule has 0 bridgehead atoms. The molecule has 0 fully saturated rings. The van der Waals surface area contributed by atoms with Crippen LogP contribution in [0.5, 0.6) is 0 Å². The third kappa shape index (κ3) is 2.55. The molecule has 0 aliphatic carbocycles. The van der Waals surface area contributed by atoms with E-state index in [0.29, 0.717) is 0 Å². The Balaban J connectivity index is 2.87. The molecule has 0 aliphatic rings. The van der Waals surface area contributed by atoms with Crippen LogP contribution in [-0.4, -0.2) is 5.11 Å². The van der Waals surface area contributed by atoms with E-state index in [1.165, 1.54) is 4.88 Å². The molecule has 1 atom stereocenters. The fourth-order valence-corrected chi connectivity index (χ4v) is 2.27. The molecule has 1 aromatic heterocycles. The van der Waals surface area contributed by atoms with Gasteiger partial charge in [-0.25, -0.2) is 0 Å². The zero-order valence-corrected chi connectivity index (χ0v) is 9.61. The number of rotatable bonds is 2. The number of aliphatic hydroxyl groups excluding tert-OH is 1. The van der Waals surface area contributed by atoms with Crippen LogP contribution in [-0.2, 0) is 5.41 Å². The van der Waals surface area contributed by atoms with Crippen molar-refractivity contribution in [1.82, 2.24) is 0 Å². The molecule has 1 unspecified atom stereocenters. The van der Waals surface area contributed by atoms with Gasteiger partial charge in [-0.2, -0.15) is 0 Å². The SMILES string of the molecule is CCC(O)c1ccc(C(C)(C)C)s1. The van der Waals surface area contributed by atoms with Gasteiger partial charge in [0.1, 0.15) is 0 Å². The maximum absolute atomic E-state index is 9.62. The fraction of sp³-hybridized carbons (Fsp3) is 0.636. The molecule has 0 amide bonds. The first-order valence-corrected chi connectivity index (χ1v) is 5.55. The number of hydrogen-bond donors (Lipinski definition) is 1. The molecular weight excluding hydrogens is 180 g/mol. The third-order valence-electron chi connectivity index (χ3n) is 2.08. The van der Waals surface area contributed by atoms with Crippen molar-refractivity contribution >= 4 is 11.3 Å². The highest BCUT2D eigenvalue weighted by Crippen LogP contribution is 2.32. The molecule has 0 saturated heterocycles. The maximum atomic E-state index is 9.62. The van der Waals surface area contributed by atoms with Crippen LogP contribution >= 0.6 is 11.3 Å². The van der Waals surface area contributed by atoms with Crippen molar-refractivity contribution < 1.29 is 5.11 Å². The van der Waals surface area contributed by atoms with Gasteiger partial charge >= 0.3 is 0 Å². The summed E-state index contributed by atoms with van der Waals surface area (Å²) in [5.74, 6) is 0. The molecule has 1 aromatic rings. The topological polar surface area (TPSA) is 20.2 Å². The predicted molar refractivity (Wildman–Crippen MR) is 58.3 cm³/mol. The van der Waals surface area contributed by atoms with Gasteiger partial charge < -0.3 is 5.11 Å². The van der Waals surface area contributed by atoms with Crippen molar-refractivity contribution in [3.05, 3.63) is 21.9 Å². The number of hydrogen-bond acceptors (Lipinski definition) is 2. The predicted octanol–water partition coefficient (Wildman–Crippen LogP) is 3.49. The molecule has 1 N–H and O–H groups in total. The molecule has 2 heteroatoms.